The molecule has 2 aromatic rings. The molecule has 28 heavy (non-hydrogen) atoms. The van der Waals surface area contributed by atoms with Gasteiger partial charge in [-0.25, -0.2) is 9.67 Å². The highest BCUT2D eigenvalue weighted by molar-refractivity contribution is 8.01. The number of nitrogens with zero attached hydrogens (tertiary/aromatic N) is 4. The number of anilines is 1. The molecule has 146 valence electrons. The number of carbonyl (C=O) groups excluding carboxylic acids is 3. The van der Waals surface area contributed by atoms with E-state index in [1.807, 2.05) is 6.92 Å². The quantitative estimate of drug-likeness (QED) is 0.768. The van der Waals surface area contributed by atoms with Gasteiger partial charge in [-0.3, -0.25) is 14.4 Å². The smallest absolute Gasteiger partial charge is 0.244 e. The van der Waals surface area contributed by atoms with Crippen LogP contribution in [-0.2, 0) is 14.4 Å². The van der Waals surface area contributed by atoms with Gasteiger partial charge >= 0.3 is 0 Å². The summed E-state index contributed by atoms with van der Waals surface area (Å²) in [5.74, 6) is -0.0601. The summed E-state index contributed by atoms with van der Waals surface area (Å²) < 4.78 is 1.61. The van der Waals surface area contributed by atoms with Crippen LogP contribution in [0, 0.1) is 0 Å². The topological polar surface area (TPSA) is 109 Å². The Morgan fingerprint density at radius 3 is 2.82 bits per heavy atom. The lowest BCUT2D eigenvalue weighted by Crippen LogP contribution is -2.51. The zero-order valence-electron chi connectivity index (χ0n) is 15.3. The number of hydrogen-bond acceptors (Lipinski definition) is 6. The first-order valence-electron chi connectivity index (χ1n) is 8.95. The zero-order valence-corrected chi connectivity index (χ0v) is 16.1. The third kappa shape index (κ3) is 3.47. The summed E-state index contributed by atoms with van der Waals surface area (Å²) in [4.78, 5) is 42.0. The fourth-order valence-corrected chi connectivity index (χ4v) is 4.98. The molecule has 2 aliphatic heterocycles. The molecule has 0 spiro atoms. The summed E-state index contributed by atoms with van der Waals surface area (Å²) in [5, 5.41) is 9.42. The monoisotopic (exact) mass is 400 g/mol. The number of thioether (sulfide) groups is 1. The van der Waals surface area contributed by atoms with E-state index in [0.29, 0.717) is 17.9 Å². The average molecular weight is 400 g/mol. The molecule has 0 radical (unpaired) electrons. The highest BCUT2D eigenvalue weighted by Gasteiger charge is 2.52. The first kappa shape index (κ1) is 18.5. The number of hydrogen-bond donors (Lipinski definition) is 2. The van der Waals surface area contributed by atoms with Crippen molar-refractivity contribution in [1.29, 1.82) is 0 Å². The normalized spacial score (nSPS) is 23.5. The van der Waals surface area contributed by atoms with E-state index in [1.54, 1.807) is 51.9 Å². The van der Waals surface area contributed by atoms with Crippen LogP contribution in [0.15, 0.2) is 36.9 Å². The molecule has 3 amide bonds. The second kappa shape index (κ2) is 7.27. The highest BCUT2D eigenvalue weighted by atomic mass is 32.2. The number of carbonyl (C=O) groups is 3. The van der Waals surface area contributed by atoms with Crippen LogP contribution < -0.4 is 10.6 Å². The van der Waals surface area contributed by atoms with Crippen LogP contribution in [0.3, 0.4) is 0 Å². The highest BCUT2D eigenvalue weighted by Crippen LogP contribution is 2.47. The Morgan fingerprint density at radius 2 is 2.11 bits per heavy atom. The van der Waals surface area contributed by atoms with Gasteiger partial charge in [0.2, 0.25) is 17.7 Å². The molecule has 0 saturated carbocycles. The summed E-state index contributed by atoms with van der Waals surface area (Å²) in [5.41, 5.74) is 1.43. The van der Waals surface area contributed by atoms with Crippen LogP contribution in [0.1, 0.15) is 19.8 Å². The van der Waals surface area contributed by atoms with E-state index >= 15 is 0 Å². The Labute approximate surface area is 165 Å². The first-order valence-corrected chi connectivity index (χ1v) is 9.94. The lowest BCUT2D eigenvalue weighted by molar-refractivity contribution is -0.138. The molecule has 0 aliphatic carbocycles. The summed E-state index contributed by atoms with van der Waals surface area (Å²) in [6.45, 7) is 1.84. The average Bonchev–Trinajstić information content (AvgIpc) is 3.39. The Balaban J connectivity index is 1.30. The molecule has 4 rings (SSSR count). The van der Waals surface area contributed by atoms with Crippen LogP contribution in [0.5, 0.6) is 0 Å². The molecule has 10 heteroatoms. The van der Waals surface area contributed by atoms with Crippen molar-refractivity contribution in [2.75, 3.05) is 17.6 Å². The van der Waals surface area contributed by atoms with Gasteiger partial charge in [-0.05, 0) is 37.6 Å². The fraction of sp³-hybridized carbons (Fsp3) is 0.389. The molecule has 9 nitrogen and oxygen atoms in total. The molecule has 2 aliphatic rings. The van der Waals surface area contributed by atoms with Crippen LogP contribution >= 0.6 is 11.8 Å². The number of rotatable bonds is 5. The predicted octanol–water partition coefficient (Wildman–Crippen LogP) is 0.776. The third-order valence-corrected chi connectivity index (χ3v) is 6.51. The fourth-order valence-electron chi connectivity index (χ4n) is 3.54. The van der Waals surface area contributed by atoms with Crippen molar-refractivity contribution in [2.24, 2.45) is 0 Å². The van der Waals surface area contributed by atoms with Gasteiger partial charge < -0.3 is 15.5 Å². The number of aromatic nitrogens is 3. The summed E-state index contributed by atoms with van der Waals surface area (Å²) in [6, 6.07) is 6.59. The van der Waals surface area contributed by atoms with Crippen LogP contribution in [0.2, 0.25) is 0 Å². The lowest BCUT2D eigenvalue weighted by atomic mass is 10.2. The summed E-state index contributed by atoms with van der Waals surface area (Å²) in [6.07, 6.45) is 4.25. The van der Waals surface area contributed by atoms with E-state index in [1.165, 1.54) is 6.33 Å². The molecule has 1 aromatic heterocycles. The van der Waals surface area contributed by atoms with Crippen molar-refractivity contribution in [3.63, 3.8) is 0 Å². The minimum atomic E-state index is -0.514. The van der Waals surface area contributed by atoms with Crippen molar-refractivity contribution < 1.29 is 14.4 Å². The van der Waals surface area contributed by atoms with Gasteiger partial charge in [0.15, 0.2) is 0 Å². The van der Waals surface area contributed by atoms with E-state index in [-0.39, 0.29) is 29.1 Å². The SMILES string of the molecule is CC12CCC(=O)N1C(C(=O)NCC(=O)Nc1ccc(-n3cncn3)cc1)CS2. The molecule has 2 N–H and O–H groups in total. The van der Waals surface area contributed by atoms with Crippen LogP contribution in [-0.4, -0.2) is 60.6 Å². The molecule has 2 atom stereocenters. The van der Waals surface area contributed by atoms with Crippen molar-refractivity contribution in [3.05, 3.63) is 36.9 Å². The number of nitrogens with one attached hydrogen (secondary N) is 2. The maximum absolute atomic E-state index is 12.5. The number of amides is 3. The number of benzene rings is 1. The third-order valence-electron chi connectivity index (χ3n) is 5.01. The molecule has 0 bridgehead atoms. The maximum atomic E-state index is 12.5. The summed E-state index contributed by atoms with van der Waals surface area (Å²) in [7, 11) is 0. The summed E-state index contributed by atoms with van der Waals surface area (Å²) >= 11 is 1.62. The standard InChI is InChI=1S/C18H20N6O3S/c1-18-7-6-16(26)24(18)14(9-28-18)17(27)20-8-15(25)22-12-2-4-13(5-3-12)23-11-19-10-21-23/h2-5,10-11,14H,6-9H2,1H3,(H,20,27)(H,22,25). The second-order valence-electron chi connectivity index (χ2n) is 6.92. The van der Waals surface area contributed by atoms with E-state index in [9.17, 15) is 14.4 Å². The van der Waals surface area contributed by atoms with Crippen molar-refractivity contribution >= 4 is 35.2 Å². The van der Waals surface area contributed by atoms with E-state index in [4.69, 9.17) is 0 Å². The van der Waals surface area contributed by atoms with E-state index < -0.39 is 6.04 Å². The Kier molecular flexibility index (Phi) is 4.80. The van der Waals surface area contributed by atoms with Gasteiger partial charge in [0, 0.05) is 17.9 Å². The molecule has 2 unspecified atom stereocenters. The largest absolute Gasteiger partial charge is 0.345 e. The molecular weight excluding hydrogens is 380 g/mol. The van der Waals surface area contributed by atoms with Gasteiger partial charge in [-0.1, -0.05) is 0 Å². The van der Waals surface area contributed by atoms with Gasteiger partial charge in [-0.2, -0.15) is 5.10 Å². The van der Waals surface area contributed by atoms with Gasteiger partial charge in [0.25, 0.3) is 0 Å². The van der Waals surface area contributed by atoms with Gasteiger partial charge in [0.05, 0.1) is 17.1 Å². The van der Waals surface area contributed by atoms with Crippen molar-refractivity contribution in [3.8, 4) is 5.69 Å². The van der Waals surface area contributed by atoms with Gasteiger partial charge in [0.1, 0.15) is 18.7 Å². The van der Waals surface area contributed by atoms with Crippen LogP contribution in [0.25, 0.3) is 5.69 Å². The molecule has 2 fully saturated rings. The zero-order chi connectivity index (χ0) is 19.7. The van der Waals surface area contributed by atoms with E-state index in [2.05, 4.69) is 20.7 Å². The maximum Gasteiger partial charge on any atom is 0.244 e. The Morgan fingerprint density at radius 1 is 1.32 bits per heavy atom. The molecular formula is C18H20N6O3S. The second-order valence-corrected chi connectivity index (χ2v) is 8.42. The van der Waals surface area contributed by atoms with Gasteiger partial charge in [-0.15, -0.1) is 11.8 Å². The molecule has 3 heterocycles. The van der Waals surface area contributed by atoms with Crippen molar-refractivity contribution in [1.82, 2.24) is 25.0 Å². The number of fused-ring (bicyclic) bond motifs is 1. The molecule has 1 aromatic carbocycles. The van der Waals surface area contributed by atoms with Crippen molar-refractivity contribution in [2.45, 2.75) is 30.7 Å². The Hall–Kier alpha value is -2.88. The lowest BCUT2D eigenvalue weighted by Gasteiger charge is -2.29. The predicted molar refractivity (Wildman–Crippen MR) is 104 cm³/mol. The molecule has 2 saturated heterocycles. The first-order chi connectivity index (χ1) is 13.5. The Bertz CT molecular complexity index is 901. The van der Waals surface area contributed by atoms with Crippen LogP contribution in [0.4, 0.5) is 5.69 Å². The minimum Gasteiger partial charge on any atom is -0.345 e. The van der Waals surface area contributed by atoms with E-state index in [0.717, 1.165) is 12.1 Å². The minimum absolute atomic E-state index is 0.00423.